The van der Waals surface area contributed by atoms with Gasteiger partial charge in [0.25, 0.3) is 6.20 Å². The van der Waals surface area contributed by atoms with Crippen molar-refractivity contribution in [1.82, 2.24) is 9.58 Å². The monoisotopic (exact) mass is 345 g/mol. The van der Waals surface area contributed by atoms with Crippen LogP contribution >= 0.6 is 0 Å². The summed E-state index contributed by atoms with van der Waals surface area (Å²) < 4.78 is 30.0. The van der Waals surface area contributed by atoms with Gasteiger partial charge in [0.15, 0.2) is 0 Å². The molecule has 0 saturated carbocycles. The van der Waals surface area contributed by atoms with E-state index in [0.717, 1.165) is 0 Å². The van der Waals surface area contributed by atoms with E-state index in [1.807, 2.05) is 18.9 Å². The molecule has 9 nitrogen and oxygen atoms in total. The fraction of sp³-hybridized carbons (Fsp3) is 0.769. The Hall–Kier alpha value is -1.68. The topological polar surface area (TPSA) is 106 Å². The predicted molar refractivity (Wildman–Crippen MR) is 82.2 cm³/mol. The highest BCUT2D eigenvalue weighted by molar-refractivity contribution is 7.88. The van der Waals surface area contributed by atoms with Gasteiger partial charge in [-0.15, -0.1) is 5.01 Å². The maximum Gasteiger partial charge on any atom is 0.324 e. The number of nitrogens with zero attached hydrogens (tertiary/aromatic N) is 5. The van der Waals surface area contributed by atoms with Crippen LogP contribution in [0.1, 0.15) is 27.7 Å². The Balaban J connectivity index is 2.20. The molecule has 2 rings (SSSR count). The summed E-state index contributed by atoms with van der Waals surface area (Å²) in [5, 5.41) is 17.4. The number of hydrogen-bond acceptors (Lipinski definition) is 7. The molecule has 0 unspecified atom stereocenters. The van der Waals surface area contributed by atoms with Crippen LogP contribution in [0.2, 0.25) is 0 Å². The standard InChI is InChI=1S/C13H23N5O4S/c1-10(2)12(19)14-11-8-18(15-22-11)17-7-6-16(23(5,20)21)9-13(17,3)4/h8,10H,6-7,9H2,1-5H3. The fourth-order valence-electron chi connectivity index (χ4n) is 2.39. The van der Waals surface area contributed by atoms with Gasteiger partial charge in [0, 0.05) is 13.1 Å². The number of piperazine rings is 1. The largest absolute Gasteiger partial charge is 0.861 e. The van der Waals surface area contributed by atoms with Crippen LogP contribution in [-0.2, 0) is 10.0 Å². The molecule has 1 aliphatic heterocycles. The van der Waals surface area contributed by atoms with Crippen LogP contribution in [0.4, 0.5) is 5.88 Å². The summed E-state index contributed by atoms with van der Waals surface area (Å²) in [6.07, 6.45) is 2.73. The van der Waals surface area contributed by atoms with E-state index in [1.165, 1.54) is 21.5 Å². The van der Waals surface area contributed by atoms with Crippen LogP contribution in [0.25, 0.3) is 0 Å². The van der Waals surface area contributed by atoms with Crippen molar-refractivity contribution in [2.75, 3.05) is 30.9 Å². The van der Waals surface area contributed by atoms with Crippen molar-refractivity contribution in [3.63, 3.8) is 0 Å². The minimum Gasteiger partial charge on any atom is -0.861 e. The molecule has 10 heteroatoms. The van der Waals surface area contributed by atoms with Crippen molar-refractivity contribution in [3.05, 3.63) is 6.20 Å². The third kappa shape index (κ3) is 3.99. The number of hydrogen-bond donors (Lipinski definition) is 0. The lowest BCUT2D eigenvalue weighted by atomic mass is 10.0. The van der Waals surface area contributed by atoms with Gasteiger partial charge in [-0.2, -0.15) is 4.31 Å². The molecule has 0 bridgehead atoms. The SMILES string of the molecule is CC(C)C([O-])=Nc1c[n+](N2CCN(S(C)(=O)=O)CC2(C)C)no1. The number of aliphatic imine (C=N–C) groups is 1. The maximum atomic E-state index is 11.7. The smallest absolute Gasteiger partial charge is 0.324 e. The third-order valence-electron chi connectivity index (χ3n) is 3.70. The maximum absolute atomic E-state index is 11.7. The lowest BCUT2D eigenvalue weighted by Gasteiger charge is -2.40. The molecule has 0 aliphatic carbocycles. The van der Waals surface area contributed by atoms with Gasteiger partial charge in [-0.1, -0.05) is 13.8 Å². The molecule has 23 heavy (non-hydrogen) atoms. The molecular weight excluding hydrogens is 322 g/mol. The molecule has 2 heterocycles. The number of aromatic nitrogens is 2. The number of sulfonamides is 1. The van der Waals surface area contributed by atoms with Gasteiger partial charge in [0.05, 0.1) is 17.6 Å². The highest BCUT2D eigenvalue weighted by Gasteiger charge is 2.43. The molecule has 1 saturated heterocycles. The van der Waals surface area contributed by atoms with Gasteiger partial charge in [0.1, 0.15) is 5.54 Å². The van der Waals surface area contributed by atoms with Crippen molar-refractivity contribution >= 4 is 21.8 Å². The van der Waals surface area contributed by atoms with Crippen molar-refractivity contribution < 1.29 is 22.8 Å². The Bertz CT molecular complexity index is 695. The van der Waals surface area contributed by atoms with Crippen LogP contribution in [-0.4, -0.2) is 55.3 Å². The molecule has 130 valence electrons. The second kappa shape index (κ2) is 6.08. The first kappa shape index (κ1) is 17.7. The molecule has 1 fully saturated rings. The normalized spacial score (nSPS) is 20.3. The average Bonchev–Trinajstić information content (AvgIpc) is 2.84. The van der Waals surface area contributed by atoms with Gasteiger partial charge in [-0.25, -0.2) is 13.4 Å². The zero-order chi connectivity index (χ0) is 17.4. The Labute approximate surface area is 136 Å². The molecule has 0 spiro atoms. The molecule has 0 amide bonds. The van der Waals surface area contributed by atoms with Crippen LogP contribution in [0.5, 0.6) is 0 Å². The van der Waals surface area contributed by atoms with Gasteiger partial charge in [-0.05, 0) is 25.7 Å². The van der Waals surface area contributed by atoms with Crippen molar-refractivity contribution in [1.29, 1.82) is 0 Å². The quantitative estimate of drug-likeness (QED) is 0.394. The molecule has 0 aromatic carbocycles. The second-order valence-electron chi connectivity index (χ2n) is 6.60. The summed E-state index contributed by atoms with van der Waals surface area (Å²) in [7, 11) is -3.23. The predicted octanol–water partition coefficient (Wildman–Crippen LogP) is -1.000. The zero-order valence-electron chi connectivity index (χ0n) is 14.1. The molecule has 1 aromatic heterocycles. The van der Waals surface area contributed by atoms with E-state index in [4.69, 9.17) is 4.52 Å². The molecule has 0 N–H and O–H groups in total. The average molecular weight is 345 g/mol. The lowest BCUT2D eigenvalue weighted by Crippen LogP contribution is -2.74. The van der Waals surface area contributed by atoms with E-state index < -0.39 is 15.6 Å². The minimum absolute atomic E-state index is 0.130. The first-order chi connectivity index (χ1) is 10.5. The van der Waals surface area contributed by atoms with Gasteiger partial charge < -0.3 is 5.11 Å². The fourth-order valence-corrected chi connectivity index (χ4v) is 3.36. The molecule has 0 atom stereocenters. The Morgan fingerprint density at radius 1 is 1.48 bits per heavy atom. The summed E-state index contributed by atoms with van der Waals surface area (Å²) in [6, 6.07) is 0. The lowest BCUT2D eigenvalue weighted by molar-refractivity contribution is -0.766. The summed E-state index contributed by atoms with van der Waals surface area (Å²) in [5.41, 5.74) is -0.484. The third-order valence-corrected chi connectivity index (χ3v) is 4.95. The van der Waals surface area contributed by atoms with E-state index in [1.54, 1.807) is 13.8 Å². The van der Waals surface area contributed by atoms with E-state index in [-0.39, 0.29) is 17.7 Å². The molecule has 1 aliphatic rings. The summed E-state index contributed by atoms with van der Waals surface area (Å²) >= 11 is 0. The highest BCUT2D eigenvalue weighted by Crippen LogP contribution is 2.19. The zero-order valence-corrected chi connectivity index (χ0v) is 14.9. The van der Waals surface area contributed by atoms with Gasteiger partial charge in [-0.3, -0.25) is 4.52 Å². The van der Waals surface area contributed by atoms with Crippen LogP contribution in [0.3, 0.4) is 0 Å². The van der Waals surface area contributed by atoms with Crippen molar-refractivity contribution in [2.24, 2.45) is 10.9 Å². The van der Waals surface area contributed by atoms with Crippen molar-refractivity contribution in [3.8, 4) is 0 Å². The van der Waals surface area contributed by atoms with E-state index >= 15 is 0 Å². The first-order valence-electron chi connectivity index (χ1n) is 7.38. The molecule has 0 radical (unpaired) electrons. The Morgan fingerprint density at radius 3 is 2.65 bits per heavy atom. The molecular formula is C13H23N5O4S. The number of rotatable bonds is 4. The van der Waals surface area contributed by atoms with Gasteiger partial charge in [0.2, 0.25) is 15.3 Å². The van der Waals surface area contributed by atoms with Crippen LogP contribution in [0.15, 0.2) is 15.7 Å². The van der Waals surface area contributed by atoms with E-state index in [9.17, 15) is 13.5 Å². The Morgan fingerprint density at radius 2 is 2.13 bits per heavy atom. The summed E-state index contributed by atoms with van der Waals surface area (Å²) in [4.78, 5) is 5.33. The summed E-state index contributed by atoms with van der Waals surface area (Å²) in [6.45, 7) is 8.50. The van der Waals surface area contributed by atoms with Crippen LogP contribution < -0.4 is 14.9 Å². The van der Waals surface area contributed by atoms with Crippen molar-refractivity contribution in [2.45, 2.75) is 33.2 Å². The van der Waals surface area contributed by atoms with Crippen LogP contribution in [0, 0.1) is 5.92 Å². The second-order valence-corrected chi connectivity index (χ2v) is 8.58. The van der Waals surface area contributed by atoms with Gasteiger partial charge >= 0.3 is 5.88 Å². The Kier molecular flexibility index (Phi) is 4.67. The highest BCUT2D eigenvalue weighted by atomic mass is 32.2. The first-order valence-corrected chi connectivity index (χ1v) is 9.23. The molecule has 1 aromatic rings. The summed E-state index contributed by atoms with van der Waals surface area (Å²) in [5.74, 6) is -0.372. The van der Waals surface area contributed by atoms with E-state index in [2.05, 4.69) is 10.3 Å². The van der Waals surface area contributed by atoms with E-state index in [0.29, 0.717) is 19.6 Å². The minimum atomic E-state index is -3.23.